The minimum Gasteiger partial charge on any atom is -0.371 e. The van der Waals surface area contributed by atoms with Crippen LogP contribution in [0.2, 0.25) is 0 Å². The number of aromatic nitrogens is 2. The second kappa shape index (κ2) is 7.50. The molecular weight excluding hydrogens is 312 g/mol. The summed E-state index contributed by atoms with van der Waals surface area (Å²) in [6, 6.07) is 8.84. The predicted octanol–water partition coefficient (Wildman–Crippen LogP) is 2.96. The predicted molar refractivity (Wildman–Crippen MR) is 98.6 cm³/mol. The van der Waals surface area contributed by atoms with Crippen LogP contribution in [0, 0.1) is 6.92 Å². The van der Waals surface area contributed by atoms with E-state index >= 15 is 0 Å². The van der Waals surface area contributed by atoms with E-state index in [1.165, 1.54) is 37.2 Å². The molecule has 0 radical (unpaired) electrons. The van der Waals surface area contributed by atoms with Crippen molar-refractivity contribution in [3.8, 4) is 0 Å². The Morgan fingerprint density at radius 3 is 2.72 bits per heavy atom. The molecule has 25 heavy (non-hydrogen) atoms. The van der Waals surface area contributed by atoms with E-state index in [-0.39, 0.29) is 6.10 Å². The number of aryl methyl sites for hydroxylation is 1. The van der Waals surface area contributed by atoms with E-state index in [1.807, 2.05) is 19.3 Å². The molecular formula is C20H26N4O. The first-order valence-electron chi connectivity index (χ1n) is 9.25. The SMILES string of the molecule is Cc1cnc([C@H]2CN(Cc3ccccc3N3CCCC3)CCO2)cn1. The number of hydrogen-bond donors (Lipinski definition) is 0. The average molecular weight is 338 g/mol. The van der Waals surface area contributed by atoms with Gasteiger partial charge in [0, 0.05) is 44.6 Å². The summed E-state index contributed by atoms with van der Waals surface area (Å²) >= 11 is 0. The van der Waals surface area contributed by atoms with Gasteiger partial charge in [0.25, 0.3) is 0 Å². The number of rotatable bonds is 4. The smallest absolute Gasteiger partial charge is 0.114 e. The van der Waals surface area contributed by atoms with Crippen LogP contribution in [0.15, 0.2) is 36.7 Å². The Kier molecular flexibility index (Phi) is 4.95. The fourth-order valence-corrected chi connectivity index (χ4v) is 3.75. The van der Waals surface area contributed by atoms with Crippen LogP contribution in [0.1, 0.15) is 35.9 Å². The van der Waals surface area contributed by atoms with E-state index in [0.717, 1.165) is 37.6 Å². The summed E-state index contributed by atoms with van der Waals surface area (Å²) in [6.45, 7) is 7.86. The summed E-state index contributed by atoms with van der Waals surface area (Å²) in [4.78, 5) is 13.9. The van der Waals surface area contributed by atoms with Crippen LogP contribution in [0.3, 0.4) is 0 Å². The average Bonchev–Trinajstić information content (AvgIpc) is 3.18. The second-order valence-corrected chi connectivity index (χ2v) is 7.00. The van der Waals surface area contributed by atoms with Gasteiger partial charge in [0.15, 0.2) is 0 Å². The second-order valence-electron chi connectivity index (χ2n) is 7.00. The van der Waals surface area contributed by atoms with E-state index in [4.69, 9.17) is 4.74 Å². The number of nitrogens with zero attached hydrogens (tertiary/aromatic N) is 4. The van der Waals surface area contributed by atoms with Crippen molar-refractivity contribution in [2.45, 2.75) is 32.4 Å². The molecule has 1 atom stereocenters. The molecule has 5 nitrogen and oxygen atoms in total. The lowest BCUT2D eigenvalue weighted by Gasteiger charge is -2.33. The maximum Gasteiger partial charge on any atom is 0.114 e. The lowest BCUT2D eigenvalue weighted by atomic mass is 10.1. The number of hydrogen-bond acceptors (Lipinski definition) is 5. The molecule has 3 heterocycles. The summed E-state index contributed by atoms with van der Waals surface area (Å²) < 4.78 is 5.95. The van der Waals surface area contributed by atoms with E-state index in [2.05, 4.69) is 44.0 Å². The third-order valence-electron chi connectivity index (χ3n) is 5.11. The van der Waals surface area contributed by atoms with Crippen LogP contribution in [0.4, 0.5) is 5.69 Å². The number of anilines is 1. The van der Waals surface area contributed by atoms with Crippen LogP contribution in [-0.4, -0.2) is 47.7 Å². The van der Waals surface area contributed by atoms with Crippen molar-refractivity contribution in [3.05, 3.63) is 53.6 Å². The van der Waals surface area contributed by atoms with Gasteiger partial charge >= 0.3 is 0 Å². The third kappa shape index (κ3) is 3.83. The molecule has 2 fully saturated rings. The van der Waals surface area contributed by atoms with Gasteiger partial charge in [0.05, 0.1) is 24.2 Å². The molecule has 0 N–H and O–H groups in total. The number of para-hydroxylation sites is 1. The van der Waals surface area contributed by atoms with E-state index in [0.29, 0.717) is 0 Å². The minimum atomic E-state index is 0.0146. The standard InChI is InChI=1S/C20H26N4O/c1-16-12-22-18(13-21-16)20-15-23(10-11-25-20)14-17-6-2-3-7-19(17)24-8-4-5-9-24/h2-3,6-7,12-13,20H,4-5,8-11,14-15H2,1H3/t20-/m1/s1. The summed E-state index contributed by atoms with van der Waals surface area (Å²) in [5.41, 5.74) is 4.69. The highest BCUT2D eigenvalue weighted by molar-refractivity contribution is 5.54. The minimum absolute atomic E-state index is 0.0146. The summed E-state index contributed by atoms with van der Waals surface area (Å²) in [5, 5.41) is 0. The van der Waals surface area contributed by atoms with Crippen LogP contribution in [0.25, 0.3) is 0 Å². The molecule has 2 aromatic rings. The Morgan fingerprint density at radius 2 is 1.92 bits per heavy atom. The third-order valence-corrected chi connectivity index (χ3v) is 5.11. The Labute approximate surface area is 149 Å². The van der Waals surface area contributed by atoms with Crippen molar-refractivity contribution < 1.29 is 4.74 Å². The maximum atomic E-state index is 5.95. The highest BCUT2D eigenvalue weighted by atomic mass is 16.5. The van der Waals surface area contributed by atoms with Crippen LogP contribution in [-0.2, 0) is 11.3 Å². The van der Waals surface area contributed by atoms with Gasteiger partial charge in [0.1, 0.15) is 6.10 Å². The van der Waals surface area contributed by atoms with Crippen LogP contribution in [0.5, 0.6) is 0 Å². The van der Waals surface area contributed by atoms with Crippen molar-refractivity contribution in [2.24, 2.45) is 0 Å². The van der Waals surface area contributed by atoms with E-state index < -0.39 is 0 Å². The first kappa shape index (κ1) is 16.5. The van der Waals surface area contributed by atoms with Crippen molar-refractivity contribution in [2.75, 3.05) is 37.7 Å². The Bertz CT molecular complexity index is 697. The van der Waals surface area contributed by atoms with Crippen LogP contribution < -0.4 is 4.90 Å². The van der Waals surface area contributed by atoms with E-state index in [9.17, 15) is 0 Å². The Balaban J connectivity index is 1.46. The molecule has 0 spiro atoms. The lowest BCUT2D eigenvalue weighted by Crippen LogP contribution is -2.38. The maximum absolute atomic E-state index is 5.95. The molecule has 2 saturated heterocycles. The number of ether oxygens (including phenoxy) is 1. The molecule has 4 rings (SSSR count). The van der Waals surface area contributed by atoms with Crippen LogP contribution >= 0.6 is 0 Å². The fraction of sp³-hybridized carbons (Fsp3) is 0.500. The fourth-order valence-electron chi connectivity index (χ4n) is 3.75. The highest BCUT2D eigenvalue weighted by Gasteiger charge is 2.24. The van der Waals surface area contributed by atoms with Gasteiger partial charge in [-0.25, -0.2) is 0 Å². The summed E-state index contributed by atoms with van der Waals surface area (Å²) in [5.74, 6) is 0. The monoisotopic (exact) mass is 338 g/mol. The van der Waals surface area contributed by atoms with Gasteiger partial charge in [-0.2, -0.15) is 0 Å². The van der Waals surface area contributed by atoms with Gasteiger partial charge in [-0.05, 0) is 31.4 Å². The molecule has 0 aliphatic carbocycles. The first-order valence-corrected chi connectivity index (χ1v) is 9.25. The van der Waals surface area contributed by atoms with Gasteiger partial charge in [0.2, 0.25) is 0 Å². The van der Waals surface area contributed by atoms with Crippen molar-refractivity contribution in [1.29, 1.82) is 0 Å². The molecule has 0 bridgehead atoms. The molecule has 5 heteroatoms. The zero-order chi connectivity index (χ0) is 17.1. The van der Waals surface area contributed by atoms with Crippen molar-refractivity contribution >= 4 is 5.69 Å². The zero-order valence-corrected chi connectivity index (χ0v) is 14.9. The largest absolute Gasteiger partial charge is 0.371 e. The quantitative estimate of drug-likeness (QED) is 0.857. The summed E-state index contributed by atoms with van der Waals surface area (Å²) in [6.07, 6.45) is 6.29. The van der Waals surface area contributed by atoms with Gasteiger partial charge in [-0.15, -0.1) is 0 Å². The Morgan fingerprint density at radius 1 is 1.08 bits per heavy atom. The molecule has 2 aliphatic rings. The number of benzene rings is 1. The molecule has 0 amide bonds. The first-order chi connectivity index (χ1) is 12.3. The van der Waals surface area contributed by atoms with Gasteiger partial charge in [-0.1, -0.05) is 18.2 Å². The van der Waals surface area contributed by atoms with Gasteiger partial charge in [-0.3, -0.25) is 14.9 Å². The van der Waals surface area contributed by atoms with Crippen molar-refractivity contribution in [3.63, 3.8) is 0 Å². The normalized spacial score (nSPS) is 21.6. The van der Waals surface area contributed by atoms with E-state index in [1.54, 1.807) is 0 Å². The lowest BCUT2D eigenvalue weighted by molar-refractivity contribution is -0.0351. The molecule has 0 unspecified atom stereocenters. The number of morpholine rings is 1. The zero-order valence-electron chi connectivity index (χ0n) is 14.9. The Hall–Kier alpha value is -1.98. The molecule has 2 aliphatic heterocycles. The summed E-state index contributed by atoms with van der Waals surface area (Å²) in [7, 11) is 0. The molecule has 1 aromatic heterocycles. The molecule has 1 aromatic carbocycles. The van der Waals surface area contributed by atoms with Crippen molar-refractivity contribution in [1.82, 2.24) is 14.9 Å². The topological polar surface area (TPSA) is 41.5 Å². The highest BCUT2D eigenvalue weighted by Crippen LogP contribution is 2.27. The molecule has 0 saturated carbocycles. The van der Waals surface area contributed by atoms with Gasteiger partial charge < -0.3 is 9.64 Å². The molecule has 132 valence electrons.